The van der Waals surface area contributed by atoms with Gasteiger partial charge in [0.25, 0.3) is 0 Å². The van der Waals surface area contributed by atoms with Crippen molar-refractivity contribution in [2.45, 2.75) is 32.6 Å². The van der Waals surface area contributed by atoms with E-state index in [1.165, 1.54) is 0 Å². The predicted octanol–water partition coefficient (Wildman–Crippen LogP) is 1.64. The van der Waals surface area contributed by atoms with Gasteiger partial charge in [0.1, 0.15) is 6.26 Å². The fourth-order valence-corrected chi connectivity index (χ4v) is 1.05. The zero-order valence-corrected chi connectivity index (χ0v) is 7.62. The molecule has 0 saturated carbocycles. The standard InChI is InChI=1S/C9H13NO3/c1-2-3-7-6-13-8(10-7)4-5-9(11)12/h6H,2-5H2,1H3,(H,11,12). The third-order valence-electron chi connectivity index (χ3n) is 1.66. The summed E-state index contributed by atoms with van der Waals surface area (Å²) in [4.78, 5) is 14.4. The molecular formula is C9H13NO3. The first-order valence-electron chi connectivity index (χ1n) is 4.37. The largest absolute Gasteiger partial charge is 0.481 e. The van der Waals surface area contributed by atoms with Crippen LogP contribution in [0.5, 0.6) is 0 Å². The number of rotatable bonds is 5. The molecule has 1 rings (SSSR count). The molecule has 0 aliphatic heterocycles. The zero-order valence-electron chi connectivity index (χ0n) is 7.62. The molecule has 4 nitrogen and oxygen atoms in total. The van der Waals surface area contributed by atoms with Crippen molar-refractivity contribution in [2.24, 2.45) is 0 Å². The van der Waals surface area contributed by atoms with Crippen LogP contribution in [0.4, 0.5) is 0 Å². The van der Waals surface area contributed by atoms with Crippen molar-refractivity contribution < 1.29 is 14.3 Å². The molecule has 1 aromatic heterocycles. The molecule has 0 atom stereocenters. The van der Waals surface area contributed by atoms with E-state index in [0.29, 0.717) is 12.3 Å². The molecule has 0 fully saturated rings. The van der Waals surface area contributed by atoms with Crippen molar-refractivity contribution in [1.29, 1.82) is 0 Å². The van der Waals surface area contributed by atoms with E-state index < -0.39 is 5.97 Å². The topological polar surface area (TPSA) is 63.3 Å². The smallest absolute Gasteiger partial charge is 0.303 e. The van der Waals surface area contributed by atoms with Crippen LogP contribution < -0.4 is 0 Å². The van der Waals surface area contributed by atoms with Gasteiger partial charge in [0.15, 0.2) is 5.89 Å². The third-order valence-corrected chi connectivity index (χ3v) is 1.66. The number of hydrogen-bond donors (Lipinski definition) is 1. The first-order chi connectivity index (χ1) is 6.22. The van der Waals surface area contributed by atoms with Crippen LogP contribution in [0.3, 0.4) is 0 Å². The van der Waals surface area contributed by atoms with Gasteiger partial charge in [-0.2, -0.15) is 0 Å². The first kappa shape index (κ1) is 9.77. The highest BCUT2D eigenvalue weighted by Crippen LogP contribution is 2.06. The highest BCUT2D eigenvalue weighted by atomic mass is 16.4. The molecular weight excluding hydrogens is 170 g/mol. The van der Waals surface area contributed by atoms with Gasteiger partial charge < -0.3 is 9.52 Å². The summed E-state index contributed by atoms with van der Waals surface area (Å²) in [5.74, 6) is -0.305. The van der Waals surface area contributed by atoms with Gasteiger partial charge in [-0.3, -0.25) is 4.79 Å². The summed E-state index contributed by atoms with van der Waals surface area (Å²) in [6.45, 7) is 2.06. The summed E-state index contributed by atoms with van der Waals surface area (Å²) in [6, 6.07) is 0. The number of aliphatic carboxylic acids is 1. The van der Waals surface area contributed by atoms with E-state index >= 15 is 0 Å². The normalized spacial score (nSPS) is 10.2. The Balaban J connectivity index is 2.44. The SMILES string of the molecule is CCCc1coc(CCC(=O)O)n1. The maximum Gasteiger partial charge on any atom is 0.303 e. The summed E-state index contributed by atoms with van der Waals surface area (Å²) in [7, 11) is 0. The van der Waals surface area contributed by atoms with Gasteiger partial charge in [-0.1, -0.05) is 13.3 Å². The molecule has 0 amide bonds. The maximum atomic E-state index is 10.2. The number of carbonyl (C=O) groups is 1. The second-order valence-corrected chi connectivity index (χ2v) is 2.88. The fraction of sp³-hybridized carbons (Fsp3) is 0.556. The first-order valence-corrected chi connectivity index (χ1v) is 4.37. The van der Waals surface area contributed by atoms with Crippen molar-refractivity contribution in [2.75, 3.05) is 0 Å². The number of carboxylic acid groups (broad SMARTS) is 1. The second-order valence-electron chi connectivity index (χ2n) is 2.88. The van der Waals surface area contributed by atoms with E-state index in [9.17, 15) is 4.79 Å². The summed E-state index contributed by atoms with van der Waals surface area (Å²) >= 11 is 0. The Labute approximate surface area is 76.6 Å². The van der Waals surface area contributed by atoms with Crippen LogP contribution >= 0.6 is 0 Å². The minimum Gasteiger partial charge on any atom is -0.481 e. The Morgan fingerprint density at radius 2 is 2.38 bits per heavy atom. The Morgan fingerprint density at radius 1 is 1.62 bits per heavy atom. The number of aromatic nitrogens is 1. The van der Waals surface area contributed by atoms with Crippen LogP contribution in [0.1, 0.15) is 31.4 Å². The van der Waals surface area contributed by atoms with Crippen molar-refractivity contribution in [3.8, 4) is 0 Å². The Morgan fingerprint density at radius 3 is 3.00 bits per heavy atom. The summed E-state index contributed by atoms with van der Waals surface area (Å²) in [6.07, 6.45) is 3.95. The van der Waals surface area contributed by atoms with Crippen LogP contribution in [-0.2, 0) is 17.6 Å². The molecule has 1 aromatic rings. The van der Waals surface area contributed by atoms with Crippen molar-refractivity contribution >= 4 is 5.97 Å². The molecule has 0 aliphatic rings. The van der Waals surface area contributed by atoms with Crippen molar-refractivity contribution in [1.82, 2.24) is 4.98 Å². The molecule has 4 heteroatoms. The summed E-state index contributed by atoms with van der Waals surface area (Å²) in [5, 5.41) is 8.42. The lowest BCUT2D eigenvalue weighted by molar-refractivity contribution is -0.137. The Kier molecular flexibility index (Phi) is 3.49. The highest BCUT2D eigenvalue weighted by Gasteiger charge is 2.05. The molecule has 0 aliphatic carbocycles. The van der Waals surface area contributed by atoms with Crippen LogP contribution in [0.25, 0.3) is 0 Å². The number of aryl methyl sites for hydroxylation is 2. The van der Waals surface area contributed by atoms with Crippen LogP contribution in [0.15, 0.2) is 10.7 Å². The number of oxazole rings is 1. The zero-order chi connectivity index (χ0) is 9.68. The van der Waals surface area contributed by atoms with E-state index in [1.54, 1.807) is 6.26 Å². The lowest BCUT2D eigenvalue weighted by Crippen LogP contribution is -1.97. The quantitative estimate of drug-likeness (QED) is 0.753. The summed E-state index contributed by atoms with van der Waals surface area (Å²) < 4.78 is 5.09. The number of carboxylic acids is 1. The van der Waals surface area contributed by atoms with Gasteiger partial charge in [-0.05, 0) is 6.42 Å². The van der Waals surface area contributed by atoms with E-state index in [2.05, 4.69) is 11.9 Å². The second kappa shape index (κ2) is 4.64. The van der Waals surface area contributed by atoms with Gasteiger partial charge in [-0.15, -0.1) is 0 Å². The van der Waals surface area contributed by atoms with E-state index in [0.717, 1.165) is 18.5 Å². The molecule has 0 unspecified atom stereocenters. The molecule has 13 heavy (non-hydrogen) atoms. The summed E-state index contributed by atoms with van der Waals surface area (Å²) in [5.41, 5.74) is 0.905. The maximum absolute atomic E-state index is 10.2. The molecule has 72 valence electrons. The molecule has 0 radical (unpaired) electrons. The Bertz CT molecular complexity index is 280. The highest BCUT2D eigenvalue weighted by molar-refractivity contribution is 5.66. The van der Waals surface area contributed by atoms with Crippen LogP contribution in [-0.4, -0.2) is 16.1 Å². The van der Waals surface area contributed by atoms with Crippen LogP contribution in [0, 0.1) is 0 Å². The fourth-order valence-electron chi connectivity index (χ4n) is 1.05. The van der Waals surface area contributed by atoms with E-state index in [-0.39, 0.29) is 6.42 Å². The molecule has 1 N–H and O–H groups in total. The van der Waals surface area contributed by atoms with Gasteiger partial charge in [0.05, 0.1) is 12.1 Å². The van der Waals surface area contributed by atoms with Gasteiger partial charge in [-0.25, -0.2) is 4.98 Å². The number of nitrogens with zero attached hydrogens (tertiary/aromatic N) is 1. The molecule has 0 spiro atoms. The van der Waals surface area contributed by atoms with Crippen LogP contribution in [0.2, 0.25) is 0 Å². The van der Waals surface area contributed by atoms with Gasteiger partial charge in [0, 0.05) is 6.42 Å². The number of hydrogen-bond acceptors (Lipinski definition) is 3. The monoisotopic (exact) mass is 183 g/mol. The molecule has 0 saturated heterocycles. The van der Waals surface area contributed by atoms with Gasteiger partial charge in [0.2, 0.25) is 0 Å². The lowest BCUT2D eigenvalue weighted by Gasteiger charge is -1.89. The molecule has 0 bridgehead atoms. The van der Waals surface area contributed by atoms with Crippen molar-refractivity contribution in [3.63, 3.8) is 0 Å². The minimum absolute atomic E-state index is 0.0755. The third kappa shape index (κ3) is 3.27. The average Bonchev–Trinajstić information content (AvgIpc) is 2.50. The Hall–Kier alpha value is -1.32. The van der Waals surface area contributed by atoms with E-state index in [1.807, 2.05) is 0 Å². The average molecular weight is 183 g/mol. The molecule has 1 heterocycles. The van der Waals surface area contributed by atoms with Crippen molar-refractivity contribution in [3.05, 3.63) is 17.8 Å². The van der Waals surface area contributed by atoms with Gasteiger partial charge >= 0.3 is 5.97 Å². The molecule has 0 aromatic carbocycles. The lowest BCUT2D eigenvalue weighted by atomic mass is 10.3. The minimum atomic E-state index is -0.824. The van der Waals surface area contributed by atoms with E-state index in [4.69, 9.17) is 9.52 Å². The predicted molar refractivity (Wildman–Crippen MR) is 46.5 cm³/mol.